The third-order valence-corrected chi connectivity index (χ3v) is 6.09. The predicted molar refractivity (Wildman–Crippen MR) is 78.6 cm³/mol. The molecule has 2 amide bonds. The van der Waals surface area contributed by atoms with E-state index in [-0.39, 0.29) is 29.3 Å². The molecule has 1 saturated heterocycles. The van der Waals surface area contributed by atoms with Gasteiger partial charge in [-0.25, -0.2) is 0 Å². The molecule has 0 spiro atoms. The molecule has 2 bridgehead atoms. The number of amides is 2. The molecule has 6 atom stereocenters. The Balaban J connectivity index is 1.55. The molecule has 3 nitrogen and oxygen atoms in total. The van der Waals surface area contributed by atoms with Gasteiger partial charge in [0.15, 0.2) is 0 Å². The summed E-state index contributed by atoms with van der Waals surface area (Å²) in [5.74, 6) is -0.395. The first-order chi connectivity index (χ1) is 11.4. The van der Waals surface area contributed by atoms with Crippen LogP contribution >= 0.6 is 0 Å². The Hall–Kier alpha value is -2.11. The van der Waals surface area contributed by atoms with Gasteiger partial charge in [0.1, 0.15) is 0 Å². The van der Waals surface area contributed by atoms with Crippen molar-refractivity contribution in [3.63, 3.8) is 0 Å². The molecule has 2 saturated carbocycles. The van der Waals surface area contributed by atoms with Crippen molar-refractivity contribution in [3.8, 4) is 0 Å². The molecule has 124 valence electrons. The minimum absolute atomic E-state index is 0.0299. The van der Waals surface area contributed by atoms with Gasteiger partial charge in [-0.15, -0.1) is 0 Å². The number of allylic oxidation sites excluding steroid dienone is 2. The van der Waals surface area contributed by atoms with Crippen LogP contribution in [-0.4, -0.2) is 11.8 Å². The van der Waals surface area contributed by atoms with Gasteiger partial charge in [-0.2, -0.15) is 13.2 Å². The van der Waals surface area contributed by atoms with E-state index in [4.69, 9.17) is 0 Å². The number of halogens is 3. The van der Waals surface area contributed by atoms with Gasteiger partial charge in [0.2, 0.25) is 11.8 Å². The maximum Gasteiger partial charge on any atom is 0.416 e. The Morgan fingerprint density at radius 3 is 2.08 bits per heavy atom. The Kier molecular flexibility index (Phi) is 2.55. The van der Waals surface area contributed by atoms with Crippen LogP contribution in [0.2, 0.25) is 0 Å². The lowest BCUT2D eigenvalue weighted by atomic mass is 9.63. The summed E-state index contributed by atoms with van der Waals surface area (Å²) < 4.78 is 38.8. The highest BCUT2D eigenvalue weighted by Crippen LogP contribution is 2.65. The van der Waals surface area contributed by atoms with Crippen LogP contribution in [0.4, 0.5) is 18.9 Å². The van der Waals surface area contributed by atoms with Crippen molar-refractivity contribution in [1.29, 1.82) is 0 Å². The standard InChI is InChI=1S/C18H14F3NO2/c19-18(20,21)8-2-1-3-9(6-8)22-16(23)14-10-4-5-11(13-7-12(10)13)15(14)17(22)24/h1-6,10-15H,7H2/t10-,11-,12-,13-,14-,15+/m0/s1. The first kappa shape index (κ1) is 14.3. The lowest BCUT2D eigenvalue weighted by molar-refractivity contribution is -0.137. The summed E-state index contributed by atoms with van der Waals surface area (Å²) in [5, 5.41) is 0. The number of hydrogen-bond acceptors (Lipinski definition) is 2. The zero-order valence-corrected chi connectivity index (χ0v) is 12.5. The second-order valence-corrected chi connectivity index (χ2v) is 7.21. The van der Waals surface area contributed by atoms with E-state index in [0.29, 0.717) is 11.8 Å². The monoisotopic (exact) mass is 333 g/mol. The molecule has 0 N–H and O–H groups in total. The predicted octanol–water partition coefficient (Wildman–Crippen LogP) is 3.26. The Bertz CT molecular complexity index is 764. The van der Waals surface area contributed by atoms with Gasteiger partial charge in [0.25, 0.3) is 0 Å². The molecular weight excluding hydrogens is 319 g/mol. The van der Waals surface area contributed by atoms with Crippen LogP contribution in [0.1, 0.15) is 12.0 Å². The number of nitrogens with zero attached hydrogens (tertiary/aromatic N) is 1. The van der Waals surface area contributed by atoms with Gasteiger partial charge in [-0.3, -0.25) is 14.5 Å². The number of anilines is 1. The minimum atomic E-state index is -4.50. The van der Waals surface area contributed by atoms with Crippen molar-refractivity contribution in [2.45, 2.75) is 12.6 Å². The van der Waals surface area contributed by atoms with Crippen molar-refractivity contribution >= 4 is 17.5 Å². The van der Waals surface area contributed by atoms with E-state index in [1.165, 1.54) is 12.1 Å². The summed E-state index contributed by atoms with van der Waals surface area (Å²) in [6, 6.07) is 4.48. The fraction of sp³-hybridized carbons (Fsp3) is 0.444. The maximum atomic E-state index is 12.9. The van der Waals surface area contributed by atoms with Crippen molar-refractivity contribution in [3.05, 3.63) is 42.0 Å². The van der Waals surface area contributed by atoms with E-state index in [1.807, 2.05) is 12.2 Å². The smallest absolute Gasteiger partial charge is 0.274 e. The molecule has 1 aromatic rings. The highest BCUT2D eigenvalue weighted by Gasteiger charge is 2.67. The van der Waals surface area contributed by atoms with Crippen LogP contribution in [0, 0.1) is 35.5 Å². The molecule has 3 fully saturated rings. The van der Waals surface area contributed by atoms with Gasteiger partial charge in [-0.1, -0.05) is 18.2 Å². The molecule has 5 aliphatic rings. The fourth-order valence-corrected chi connectivity index (χ4v) is 5.03. The van der Waals surface area contributed by atoms with Crippen LogP contribution in [0.25, 0.3) is 0 Å². The summed E-state index contributed by atoms with van der Waals surface area (Å²) >= 11 is 0. The van der Waals surface area contributed by atoms with Gasteiger partial charge in [-0.05, 0) is 48.3 Å². The van der Waals surface area contributed by atoms with Gasteiger partial charge < -0.3 is 0 Å². The molecule has 4 aliphatic carbocycles. The zero-order chi connectivity index (χ0) is 16.8. The first-order valence-corrected chi connectivity index (χ1v) is 8.11. The maximum absolute atomic E-state index is 12.9. The molecule has 0 aromatic heterocycles. The van der Waals surface area contributed by atoms with Crippen LogP contribution in [-0.2, 0) is 15.8 Å². The summed E-state index contributed by atoms with van der Waals surface area (Å²) in [7, 11) is 0. The molecule has 6 heteroatoms. The first-order valence-electron chi connectivity index (χ1n) is 8.11. The lowest BCUT2D eigenvalue weighted by Crippen LogP contribution is -2.40. The van der Waals surface area contributed by atoms with Crippen molar-refractivity contribution < 1.29 is 22.8 Å². The van der Waals surface area contributed by atoms with Crippen molar-refractivity contribution in [2.24, 2.45) is 35.5 Å². The van der Waals surface area contributed by atoms with E-state index in [0.717, 1.165) is 23.5 Å². The number of carbonyl (C=O) groups is 2. The van der Waals surface area contributed by atoms with Crippen LogP contribution in [0.3, 0.4) is 0 Å². The zero-order valence-electron chi connectivity index (χ0n) is 12.5. The quantitative estimate of drug-likeness (QED) is 0.584. The van der Waals surface area contributed by atoms with E-state index < -0.39 is 23.6 Å². The molecule has 6 rings (SSSR count). The summed E-state index contributed by atoms with van der Waals surface area (Å²) in [5.41, 5.74) is -0.818. The number of carbonyl (C=O) groups excluding carboxylic acids is 2. The van der Waals surface area contributed by atoms with Gasteiger partial charge in [0, 0.05) is 0 Å². The largest absolute Gasteiger partial charge is 0.416 e. The average molecular weight is 333 g/mol. The van der Waals surface area contributed by atoms with E-state index in [2.05, 4.69) is 0 Å². The molecule has 24 heavy (non-hydrogen) atoms. The normalized spacial score (nSPS) is 39.2. The van der Waals surface area contributed by atoms with Crippen LogP contribution in [0.5, 0.6) is 0 Å². The average Bonchev–Trinajstić information content (AvgIpc) is 3.31. The van der Waals surface area contributed by atoms with E-state index in [1.54, 1.807) is 0 Å². The summed E-state index contributed by atoms with van der Waals surface area (Å²) in [4.78, 5) is 26.7. The molecule has 1 aliphatic heterocycles. The number of benzene rings is 1. The Labute approximate surface area is 136 Å². The third-order valence-electron chi connectivity index (χ3n) is 6.09. The van der Waals surface area contributed by atoms with Crippen LogP contribution in [0.15, 0.2) is 36.4 Å². The molecular formula is C18H14F3NO2. The summed E-state index contributed by atoms with van der Waals surface area (Å²) in [6.45, 7) is 0. The number of alkyl halides is 3. The Morgan fingerprint density at radius 1 is 0.958 bits per heavy atom. The highest BCUT2D eigenvalue weighted by atomic mass is 19.4. The molecule has 0 radical (unpaired) electrons. The molecule has 1 heterocycles. The van der Waals surface area contributed by atoms with Gasteiger partial charge >= 0.3 is 6.18 Å². The second-order valence-electron chi connectivity index (χ2n) is 7.21. The molecule has 0 unspecified atom stereocenters. The third kappa shape index (κ3) is 1.69. The number of rotatable bonds is 1. The minimum Gasteiger partial charge on any atom is -0.274 e. The second kappa shape index (κ2) is 4.29. The van der Waals surface area contributed by atoms with Crippen molar-refractivity contribution in [2.75, 3.05) is 4.90 Å². The van der Waals surface area contributed by atoms with E-state index >= 15 is 0 Å². The molecule has 1 aromatic carbocycles. The lowest BCUT2D eigenvalue weighted by Gasteiger charge is -2.37. The van der Waals surface area contributed by atoms with Crippen LogP contribution < -0.4 is 4.90 Å². The van der Waals surface area contributed by atoms with Gasteiger partial charge in [0.05, 0.1) is 23.1 Å². The fourth-order valence-electron chi connectivity index (χ4n) is 5.03. The SMILES string of the molecule is O=C1[C@@H]2[C@H]3C=C[C@@H]([C@@H]4C[C@@H]34)[C@@H]2C(=O)N1c1cccc(C(F)(F)F)c1. The number of hydrogen-bond donors (Lipinski definition) is 0. The van der Waals surface area contributed by atoms with E-state index in [9.17, 15) is 22.8 Å². The topological polar surface area (TPSA) is 37.4 Å². The highest BCUT2D eigenvalue weighted by molar-refractivity contribution is 6.22. The van der Waals surface area contributed by atoms with Crippen molar-refractivity contribution in [1.82, 2.24) is 0 Å². The Morgan fingerprint density at radius 2 is 1.54 bits per heavy atom. The number of imide groups is 1. The summed E-state index contributed by atoms with van der Waals surface area (Å²) in [6.07, 6.45) is 0.637.